The minimum absolute atomic E-state index is 0.192. The zero-order valence-electron chi connectivity index (χ0n) is 11.8. The van der Waals surface area contributed by atoms with Gasteiger partial charge in [0, 0.05) is 32.1 Å². The largest absolute Gasteiger partial charge is 0.300 e. The second-order valence-corrected chi connectivity index (χ2v) is 4.94. The molecule has 0 saturated heterocycles. The quantitative estimate of drug-likeness (QED) is 0.500. The predicted octanol–water partition coefficient (Wildman–Crippen LogP) is 3.63. The van der Waals surface area contributed by atoms with E-state index in [4.69, 9.17) is 0 Å². The number of unbranched alkanes of at least 4 members (excludes halogenated alkanes) is 2. The van der Waals surface area contributed by atoms with E-state index < -0.39 is 0 Å². The Morgan fingerprint density at radius 3 is 1.44 bits per heavy atom. The van der Waals surface area contributed by atoms with Gasteiger partial charge in [-0.15, -0.1) is 0 Å². The van der Waals surface area contributed by atoms with Gasteiger partial charge < -0.3 is 4.79 Å². The zero-order chi connectivity index (χ0) is 13.8. The van der Waals surface area contributed by atoms with Crippen LogP contribution >= 0.6 is 0 Å². The maximum absolute atomic E-state index is 11.5. The van der Waals surface area contributed by atoms with Crippen molar-refractivity contribution in [1.82, 2.24) is 0 Å². The van der Waals surface area contributed by atoms with Gasteiger partial charge in [0.25, 0.3) is 0 Å². The Hall–Kier alpha value is -0.990. The highest BCUT2D eigenvalue weighted by molar-refractivity contribution is 5.79. The minimum atomic E-state index is 0.192. The molecule has 0 radical (unpaired) electrons. The summed E-state index contributed by atoms with van der Waals surface area (Å²) in [5.41, 5.74) is 0. The Bertz CT molecular complexity index is 269. The molecule has 0 aromatic rings. The molecular formula is C15H26O3. The molecule has 0 spiro atoms. The lowest BCUT2D eigenvalue weighted by atomic mass is 10.0. The summed E-state index contributed by atoms with van der Waals surface area (Å²) >= 11 is 0. The number of rotatable bonds is 12. The van der Waals surface area contributed by atoms with Crippen molar-refractivity contribution in [3.8, 4) is 0 Å². The monoisotopic (exact) mass is 254 g/mol. The molecule has 0 bridgehead atoms. The first-order valence-corrected chi connectivity index (χ1v) is 7.09. The maximum Gasteiger partial charge on any atom is 0.132 e. The topological polar surface area (TPSA) is 51.2 Å². The van der Waals surface area contributed by atoms with Crippen LogP contribution in [0.5, 0.6) is 0 Å². The zero-order valence-corrected chi connectivity index (χ0v) is 11.8. The van der Waals surface area contributed by atoms with Gasteiger partial charge in [0.2, 0.25) is 0 Å². The standard InChI is InChI=1S/C15H26O3/c1-3-8-14(17)10-6-7-12-15(18)11-5-4-9-13(2)16/h3-12H2,1-2H3. The molecule has 0 amide bonds. The van der Waals surface area contributed by atoms with E-state index in [1.54, 1.807) is 6.92 Å². The van der Waals surface area contributed by atoms with Crippen molar-refractivity contribution >= 4 is 17.3 Å². The molecule has 0 aliphatic heterocycles. The van der Waals surface area contributed by atoms with Gasteiger partial charge in [0.1, 0.15) is 17.3 Å². The number of Topliss-reactive ketones (excluding diaryl/α,β-unsaturated/α-hetero) is 3. The van der Waals surface area contributed by atoms with Crippen LogP contribution in [-0.2, 0) is 14.4 Å². The Kier molecular flexibility index (Phi) is 10.5. The van der Waals surface area contributed by atoms with E-state index in [1.807, 2.05) is 6.92 Å². The lowest BCUT2D eigenvalue weighted by Gasteiger charge is -2.01. The number of ketones is 3. The second kappa shape index (κ2) is 11.1. The van der Waals surface area contributed by atoms with Gasteiger partial charge in [-0.3, -0.25) is 9.59 Å². The molecular weight excluding hydrogens is 228 g/mol. The lowest BCUT2D eigenvalue weighted by Crippen LogP contribution is -2.01. The third kappa shape index (κ3) is 11.5. The molecule has 0 saturated carbocycles. The van der Waals surface area contributed by atoms with Crippen LogP contribution in [0.3, 0.4) is 0 Å². The summed E-state index contributed by atoms with van der Waals surface area (Å²) in [6.07, 6.45) is 7.22. The Morgan fingerprint density at radius 1 is 0.667 bits per heavy atom. The third-order valence-electron chi connectivity index (χ3n) is 2.92. The summed E-state index contributed by atoms with van der Waals surface area (Å²) in [6.45, 7) is 3.58. The molecule has 0 fully saturated rings. The molecule has 104 valence electrons. The summed E-state index contributed by atoms with van der Waals surface area (Å²) in [4.78, 5) is 33.4. The SMILES string of the molecule is CCCC(=O)CCCCC(=O)CCCCC(C)=O. The summed E-state index contributed by atoms with van der Waals surface area (Å²) in [5.74, 6) is 0.768. The lowest BCUT2D eigenvalue weighted by molar-refractivity contribution is -0.121. The predicted molar refractivity (Wildman–Crippen MR) is 72.5 cm³/mol. The highest BCUT2D eigenvalue weighted by Gasteiger charge is 2.04. The van der Waals surface area contributed by atoms with Crippen LogP contribution in [0.25, 0.3) is 0 Å². The summed E-state index contributed by atoms with van der Waals surface area (Å²) < 4.78 is 0. The first-order chi connectivity index (χ1) is 8.56. The molecule has 3 heteroatoms. The highest BCUT2D eigenvalue weighted by Crippen LogP contribution is 2.08. The van der Waals surface area contributed by atoms with E-state index in [2.05, 4.69) is 0 Å². The number of hydrogen-bond acceptors (Lipinski definition) is 3. The third-order valence-corrected chi connectivity index (χ3v) is 2.92. The minimum Gasteiger partial charge on any atom is -0.300 e. The summed E-state index contributed by atoms with van der Waals surface area (Å²) in [5, 5.41) is 0. The van der Waals surface area contributed by atoms with Gasteiger partial charge in [0.05, 0.1) is 0 Å². The molecule has 18 heavy (non-hydrogen) atoms. The molecule has 0 aromatic carbocycles. The van der Waals surface area contributed by atoms with Crippen LogP contribution in [0.4, 0.5) is 0 Å². The molecule has 0 rings (SSSR count). The molecule has 0 heterocycles. The first kappa shape index (κ1) is 17.0. The molecule has 0 N–H and O–H groups in total. The number of hydrogen-bond donors (Lipinski definition) is 0. The van der Waals surface area contributed by atoms with Crippen molar-refractivity contribution < 1.29 is 14.4 Å². The van der Waals surface area contributed by atoms with Crippen molar-refractivity contribution in [2.45, 2.75) is 78.1 Å². The van der Waals surface area contributed by atoms with Crippen LogP contribution in [0.2, 0.25) is 0 Å². The Balaban J connectivity index is 3.37. The van der Waals surface area contributed by atoms with E-state index in [1.165, 1.54) is 0 Å². The smallest absolute Gasteiger partial charge is 0.132 e. The van der Waals surface area contributed by atoms with Gasteiger partial charge in [-0.05, 0) is 39.0 Å². The fourth-order valence-corrected chi connectivity index (χ4v) is 1.87. The van der Waals surface area contributed by atoms with Crippen LogP contribution in [0.15, 0.2) is 0 Å². The van der Waals surface area contributed by atoms with Crippen molar-refractivity contribution in [2.24, 2.45) is 0 Å². The van der Waals surface area contributed by atoms with Crippen molar-refractivity contribution in [3.63, 3.8) is 0 Å². The summed E-state index contributed by atoms with van der Waals surface area (Å²) in [6, 6.07) is 0. The van der Waals surface area contributed by atoms with E-state index in [0.29, 0.717) is 37.9 Å². The molecule has 0 aliphatic rings. The van der Waals surface area contributed by atoms with Crippen LogP contribution < -0.4 is 0 Å². The van der Waals surface area contributed by atoms with Gasteiger partial charge in [-0.1, -0.05) is 6.92 Å². The Labute approximate surface area is 110 Å². The van der Waals surface area contributed by atoms with Crippen LogP contribution in [0.1, 0.15) is 78.1 Å². The molecule has 0 aliphatic carbocycles. The molecule has 0 aromatic heterocycles. The van der Waals surface area contributed by atoms with E-state index in [9.17, 15) is 14.4 Å². The second-order valence-electron chi connectivity index (χ2n) is 4.94. The average Bonchev–Trinajstić information content (AvgIpc) is 2.30. The number of carbonyl (C=O) groups excluding carboxylic acids is 3. The highest BCUT2D eigenvalue weighted by atomic mass is 16.1. The van der Waals surface area contributed by atoms with E-state index in [0.717, 1.165) is 32.1 Å². The van der Waals surface area contributed by atoms with Crippen molar-refractivity contribution in [3.05, 3.63) is 0 Å². The van der Waals surface area contributed by atoms with Crippen molar-refractivity contribution in [1.29, 1.82) is 0 Å². The van der Waals surface area contributed by atoms with E-state index in [-0.39, 0.29) is 11.6 Å². The number of carbonyl (C=O) groups is 3. The van der Waals surface area contributed by atoms with Crippen LogP contribution in [0, 0.1) is 0 Å². The Morgan fingerprint density at radius 2 is 1.06 bits per heavy atom. The fraction of sp³-hybridized carbons (Fsp3) is 0.800. The molecule has 3 nitrogen and oxygen atoms in total. The molecule has 0 unspecified atom stereocenters. The van der Waals surface area contributed by atoms with Gasteiger partial charge >= 0.3 is 0 Å². The van der Waals surface area contributed by atoms with Crippen LogP contribution in [-0.4, -0.2) is 17.3 Å². The maximum atomic E-state index is 11.5. The van der Waals surface area contributed by atoms with Gasteiger partial charge in [0.15, 0.2) is 0 Å². The van der Waals surface area contributed by atoms with Crippen molar-refractivity contribution in [2.75, 3.05) is 0 Å². The average molecular weight is 254 g/mol. The first-order valence-electron chi connectivity index (χ1n) is 7.09. The van der Waals surface area contributed by atoms with Gasteiger partial charge in [-0.25, -0.2) is 0 Å². The van der Waals surface area contributed by atoms with E-state index >= 15 is 0 Å². The fourth-order valence-electron chi connectivity index (χ4n) is 1.87. The normalized spacial score (nSPS) is 10.3. The summed E-state index contributed by atoms with van der Waals surface area (Å²) in [7, 11) is 0. The van der Waals surface area contributed by atoms with Gasteiger partial charge in [-0.2, -0.15) is 0 Å². The molecule has 0 atom stereocenters.